The molecule has 1 aromatic carbocycles. The van der Waals surface area contributed by atoms with Gasteiger partial charge in [-0.1, -0.05) is 30.3 Å². The Morgan fingerprint density at radius 1 is 1.30 bits per heavy atom. The first-order valence-electron chi connectivity index (χ1n) is 7.66. The summed E-state index contributed by atoms with van der Waals surface area (Å²) in [5, 5.41) is 16.4. The van der Waals surface area contributed by atoms with Gasteiger partial charge < -0.3 is 14.6 Å². The summed E-state index contributed by atoms with van der Waals surface area (Å²) < 4.78 is 10.2. The van der Waals surface area contributed by atoms with E-state index in [-0.39, 0.29) is 30.0 Å². The van der Waals surface area contributed by atoms with Gasteiger partial charge in [0.1, 0.15) is 6.61 Å². The summed E-state index contributed by atoms with van der Waals surface area (Å²) in [6, 6.07) is 11.0. The molecule has 0 unspecified atom stereocenters. The van der Waals surface area contributed by atoms with E-state index in [9.17, 15) is 9.59 Å². The lowest BCUT2D eigenvalue weighted by Gasteiger charge is -2.03. The second-order valence-electron chi connectivity index (χ2n) is 4.99. The van der Waals surface area contributed by atoms with Crippen molar-refractivity contribution >= 4 is 34.2 Å². The van der Waals surface area contributed by atoms with E-state index < -0.39 is 5.24 Å². The lowest BCUT2D eigenvalue weighted by Crippen LogP contribution is -2.28. The molecule has 0 fully saturated rings. The van der Waals surface area contributed by atoms with Crippen LogP contribution in [0.4, 0.5) is 4.79 Å². The number of carbonyl (C=O) groups excluding carboxylic acids is 2. The summed E-state index contributed by atoms with van der Waals surface area (Å²) in [6.07, 6.45) is 0. The predicted molar refractivity (Wildman–Crippen MR) is 98.1 cm³/mol. The van der Waals surface area contributed by atoms with Crippen LogP contribution in [0.15, 0.2) is 51.4 Å². The number of nitrogens with zero attached hydrogens (tertiary/aromatic N) is 2. The molecule has 0 aliphatic rings. The maximum Gasteiger partial charge on any atom is 0.310 e. The summed E-state index contributed by atoms with van der Waals surface area (Å²) in [6.45, 7) is 0.400. The molecule has 9 nitrogen and oxygen atoms in total. The van der Waals surface area contributed by atoms with Gasteiger partial charge in [-0.2, -0.15) is 0 Å². The minimum Gasteiger partial charge on any atom is -0.474 e. The lowest BCUT2D eigenvalue weighted by molar-refractivity contribution is 0.0946. The van der Waals surface area contributed by atoms with Crippen LogP contribution >= 0.6 is 23.1 Å². The molecular weight excluding hydrogens is 392 g/mol. The standard InChI is InChI=1S/C16H14N4O5S2/c21-14(15-18-11(9-26-15)10-4-2-1-3-5-10)17-6-7-24-12-8-13(25-20-12)27-16(22)19-23/h1-5,8-9,23H,6-7H2,(H,17,21)(H,19,22). The van der Waals surface area contributed by atoms with Crippen molar-refractivity contribution in [3.05, 3.63) is 46.8 Å². The fourth-order valence-corrected chi connectivity index (χ4v) is 3.19. The maximum atomic E-state index is 12.1. The number of thiazole rings is 1. The second-order valence-corrected chi connectivity index (χ2v) is 6.83. The molecule has 0 saturated carbocycles. The Labute approximate surface area is 161 Å². The molecule has 11 heteroatoms. The highest BCUT2D eigenvalue weighted by molar-refractivity contribution is 8.13. The Bertz CT molecular complexity index is 912. The molecule has 0 aliphatic carbocycles. The Hall–Kier alpha value is -2.89. The summed E-state index contributed by atoms with van der Waals surface area (Å²) in [5.74, 6) is -0.125. The highest BCUT2D eigenvalue weighted by Crippen LogP contribution is 2.23. The van der Waals surface area contributed by atoms with E-state index >= 15 is 0 Å². The second kappa shape index (κ2) is 9.16. The van der Waals surface area contributed by atoms with Gasteiger partial charge in [0.25, 0.3) is 11.8 Å². The molecule has 2 heterocycles. The molecule has 27 heavy (non-hydrogen) atoms. The predicted octanol–water partition coefficient (Wildman–Crippen LogP) is 2.80. The van der Waals surface area contributed by atoms with Gasteiger partial charge in [-0.3, -0.25) is 14.8 Å². The van der Waals surface area contributed by atoms with E-state index in [1.165, 1.54) is 22.9 Å². The molecule has 2 amide bonds. The van der Waals surface area contributed by atoms with Crippen molar-refractivity contribution in [3.63, 3.8) is 0 Å². The number of thioether (sulfide) groups is 1. The van der Waals surface area contributed by atoms with Gasteiger partial charge >= 0.3 is 5.24 Å². The highest BCUT2D eigenvalue weighted by atomic mass is 32.2. The molecule has 3 rings (SSSR count). The van der Waals surface area contributed by atoms with E-state index in [4.69, 9.17) is 14.5 Å². The first-order chi connectivity index (χ1) is 13.2. The van der Waals surface area contributed by atoms with Crippen molar-refractivity contribution in [2.45, 2.75) is 5.09 Å². The molecule has 140 valence electrons. The van der Waals surface area contributed by atoms with E-state index in [2.05, 4.69) is 15.5 Å². The summed E-state index contributed by atoms with van der Waals surface area (Å²) in [7, 11) is 0. The number of aromatic nitrogens is 2. The number of ether oxygens (including phenoxy) is 1. The molecule has 0 spiro atoms. The fraction of sp³-hybridized carbons (Fsp3) is 0.125. The van der Waals surface area contributed by atoms with Crippen LogP contribution in [-0.4, -0.2) is 39.6 Å². The minimum absolute atomic E-state index is 0.158. The molecule has 3 aromatic rings. The van der Waals surface area contributed by atoms with Gasteiger partial charge in [0.05, 0.1) is 18.3 Å². The number of amides is 2. The van der Waals surface area contributed by atoms with Crippen molar-refractivity contribution < 1.29 is 24.1 Å². The number of benzene rings is 1. The highest BCUT2D eigenvalue weighted by Gasteiger charge is 2.13. The van der Waals surface area contributed by atoms with Crippen LogP contribution in [0.5, 0.6) is 5.88 Å². The first kappa shape index (κ1) is 18.9. The zero-order valence-electron chi connectivity index (χ0n) is 13.7. The molecule has 3 N–H and O–H groups in total. The summed E-state index contributed by atoms with van der Waals surface area (Å²) in [5.41, 5.74) is 3.16. The Morgan fingerprint density at radius 2 is 2.11 bits per heavy atom. The zero-order valence-corrected chi connectivity index (χ0v) is 15.4. The quantitative estimate of drug-likeness (QED) is 0.237. The van der Waals surface area contributed by atoms with Crippen molar-refractivity contribution in [2.75, 3.05) is 13.2 Å². The van der Waals surface area contributed by atoms with E-state index in [1.807, 2.05) is 35.7 Å². The Morgan fingerprint density at radius 3 is 2.89 bits per heavy atom. The number of hydrogen-bond donors (Lipinski definition) is 3. The number of hydroxylamine groups is 1. The monoisotopic (exact) mass is 406 g/mol. The van der Waals surface area contributed by atoms with Crippen molar-refractivity contribution in [2.24, 2.45) is 0 Å². The minimum atomic E-state index is -0.705. The molecule has 0 saturated heterocycles. The topological polar surface area (TPSA) is 127 Å². The van der Waals surface area contributed by atoms with Gasteiger partial charge in [-0.05, 0) is 5.16 Å². The lowest BCUT2D eigenvalue weighted by atomic mass is 10.2. The maximum absolute atomic E-state index is 12.1. The van der Waals surface area contributed by atoms with Gasteiger partial charge in [0, 0.05) is 22.7 Å². The number of carbonyl (C=O) groups is 2. The third kappa shape index (κ3) is 5.29. The smallest absolute Gasteiger partial charge is 0.310 e. The normalized spacial score (nSPS) is 10.4. The van der Waals surface area contributed by atoms with Crippen LogP contribution < -0.4 is 15.5 Å². The fourth-order valence-electron chi connectivity index (χ4n) is 1.99. The van der Waals surface area contributed by atoms with Crippen LogP contribution in [0.2, 0.25) is 0 Å². The third-order valence-electron chi connectivity index (χ3n) is 3.16. The van der Waals surface area contributed by atoms with Crippen LogP contribution in [0.3, 0.4) is 0 Å². The number of nitrogens with one attached hydrogen (secondary N) is 2. The molecule has 0 aliphatic heterocycles. The van der Waals surface area contributed by atoms with Crippen molar-refractivity contribution in [1.82, 2.24) is 20.9 Å². The van der Waals surface area contributed by atoms with Crippen molar-refractivity contribution in [1.29, 1.82) is 0 Å². The van der Waals surface area contributed by atoms with Gasteiger partial charge in [-0.15, -0.1) is 11.3 Å². The van der Waals surface area contributed by atoms with E-state index in [1.54, 1.807) is 0 Å². The van der Waals surface area contributed by atoms with E-state index in [0.717, 1.165) is 11.3 Å². The van der Waals surface area contributed by atoms with Crippen LogP contribution in [-0.2, 0) is 0 Å². The van der Waals surface area contributed by atoms with Crippen LogP contribution in [0.1, 0.15) is 9.80 Å². The van der Waals surface area contributed by atoms with Gasteiger partial charge in [0.2, 0.25) is 5.09 Å². The van der Waals surface area contributed by atoms with Crippen LogP contribution in [0.25, 0.3) is 11.3 Å². The Balaban J connectivity index is 1.44. The molecule has 2 aromatic heterocycles. The molecule has 0 bridgehead atoms. The zero-order chi connectivity index (χ0) is 19.1. The molecular formula is C16H14N4O5S2. The van der Waals surface area contributed by atoms with Crippen molar-refractivity contribution in [3.8, 4) is 17.1 Å². The molecule has 0 radical (unpaired) electrons. The third-order valence-corrected chi connectivity index (χ3v) is 4.67. The average molecular weight is 406 g/mol. The largest absolute Gasteiger partial charge is 0.474 e. The van der Waals surface area contributed by atoms with E-state index in [0.29, 0.717) is 16.8 Å². The van der Waals surface area contributed by atoms with Gasteiger partial charge in [0.15, 0.2) is 5.01 Å². The summed E-state index contributed by atoms with van der Waals surface area (Å²) in [4.78, 5) is 27.4. The number of rotatable bonds is 7. The first-order valence-corrected chi connectivity index (χ1v) is 9.36. The molecule has 0 atom stereocenters. The summed E-state index contributed by atoms with van der Waals surface area (Å²) >= 11 is 1.89. The number of hydrogen-bond acceptors (Lipinski definition) is 9. The Kier molecular flexibility index (Phi) is 6.41. The average Bonchev–Trinajstić information content (AvgIpc) is 3.35. The SMILES string of the molecule is O=C(NO)Sc1cc(OCCNC(=O)c2nc(-c3ccccc3)cs2)no1. The van der Waals surface area contributed by atoms with Gasteiger partial charge in [-0.25, -0.2) is 10.5 Å². The van der Waals surface area contributed by atoms with Crippen LogP contribution in [0, 0.1) is 0 Å².